The normalized spacial score (nSPS) is 48.9. The number of rotatable bonds is 2. The molecule has 0 spiro atoms. The Morgan fingerprint density at radius 1 is 1.17 bits per heavy atom. The summed E-state index contributed by atoms with van der Waals surface area (Å²) in [5.41, 5.74) is -1.56. The fourth-order valence-electron chi connectivity index (χ4n) is 2.22. The average molecular weight is 235 g/mol. The van der Waals surface area contributed by atoms with E-state index in [1.807, 2.05) is 0 Å². The Morgan fingerprint density at radius 2 is 1.50 bits per heavy atom. The van der Waals surface area contributed by atoms with Crippen molar-refractivity contribution in [2.24, 2.45) is 10.8 Å². The van der Waals surface area contributed by atoms with Gasteiger partial charge in [-0.3, -0.25) is 9.59 Å². The Hall–Kier alpha value is -0.580. The Kier molecular flexibility index (Phi) is 1.23. The van der Waals surface area contributed by atoms with E-state index in [1.54, 1.807) is 0 Å². The molecule has 0 amide bonds. The summed E-state index contributed by atoms with van der Waals surface area (Å²) in [6.45, 7) is 0. The van der Waals surface area contributed by atoms with E-state index in [9.17, 15) is 9.59 Å². The number of halogens is 1. The molecular formula is C7H7BrO4. The zero-order valence-corrected chi connectivity index (χ0v) is 7.67. The topological polar surface area (TPSA) is 74.6 Å². The molecule has 3 saturated carbocycles. The van der Waals surface area contributed by atoms with Crippen LogP contribution in [0.1, 0.15) is 12.8 Å². The minimum Gasteiger partial charge on any atom is -0.481 e. The molecule has 2 N–H and O–H groups in total. The number of aliphatic carboxylic acids is 2. The van der Waals surface area contributed by atoms with Crippen molar-refractivity contribution in [3.05, 3.63) is 0 Å². The molecule has 66 valence electrons. The Labute approximate surface area is 76.7 Å². The molecule has 2 bridgehead atoms. The van der Waals surface area contributed by atoms with Crippen LogP contribution >= 0.6 is 15.9 Å². The van der Waals surface area contributed by atoms with Gasteiger partial charge in [0.1, 0.15) is 0 Å². The lowest BCUT2D eigenvalue weighted by Gasteiger charge is -2.69. The van der Waals surface area contributed by atoms with Crippen molar-refractivity contribution in [3.8, 4) is 0 Å². The smallest absolute Gasteiger partial charge is 0.310 e. The molecule has 3 rings (SSSR count). The quantitative estimate of drug-likeness (QED) is 0.691. The summed E-state index contributed by atoms with van der Waals surface area (Å²) in [6, 6.07) is 0. The predicted molar refractivity (Wildman–Crippen MR) is 42.1 cm³/mol. The van der Waals surface area contributed by atoms with Gasteiger partial charge in [-0.1, -0.05) is 15.9 Å². The summed E-state index contributed by atoms with van der Waals surface area (Å²) in [5, 5.41) is 17.5. The number of hydrogen-bond donors (Lipinski definition) is 2. The van der Waals surface area contributed by atoms with Crippen molar-refractivity contribution < 1.29 is 19.8 Å². The molecule has 0 unspecified atom stereocenters. The first kappa shape index (κ1) is 8.04. The molecule has 12 heavy (non-hydrogen) atoms. The van der Waals surface area contributed by atoms with Gasteiger partial charge in [-0.15, -0.1) is 0 Å². The van der Waals surface area contributed by atoms with E-state index >= 15 is 0 Å². The summed E-state index contributed by atoms with van der Waals surface area (Å²) in [4.78, 5) is 21.0. The molecule has 0 atom stereocenters. The lowest BCUT2D eigenvalue weighted by Crippen LogP contribution is -2.77. The van der Waals surface area contributed by atoms with E-state index < -0.39 is 22.8 Å². The Bertz CT molecular complexity index is 253. The third-order valence-electron chi connectivity index (χ3n) is 3.08. The van der Waals surface area contributed by atoms with Gasteiger partial charge in [-0.2, -0.15) is 0 Å². The van der Waals surface area contributed by atoms with Crippen LogP contribution in [-0.4, -0.2) is 27.0 Å². The SMILES string of the molecule is O=C(O)C12CC(C(=O)O)(C1)C2Br. The van der Waals surface area contributed by atoms with Crippen molar-refractivity contribution >= 4 is 27.9 Å². The number of carbonyl (C=O) groups is 2. The second kappa shape index (κ2) is 1.84. The zero-order valence-electron chi connectivity index (χ0n) is 6.08. The molecule has 3 aliphatic carbocycles. The third kappa shape index (κ3) is 0.532. The predicted octanol–water partition coefficient (Wildman–Crippen LogP) is 0.699. The maximum absolute atomic E-state index is 10.7. The maximum Gasteiger partial charge on any atom is 0.310 e. The van der Waals surface area contributed by atoms with Crippen molar-refractivity contribution in [2.45, 2.75) is 17.7 Å². The standard InChI is InChI=1S/C7H7BrO4/c8-3-6(4(9)10)1-7(3,2-6)5(11)12/h3H,1-2H2,(H,9,10)(H,11,12). The van der Waals surface area contributed by atoms with Gasteiger partial charge in [0.15, 0.2) is 0 Å². The summed E-state index contributed by atoms with van der Waals surface area (Å²) in [5.74, 6) is -1.76. The average Bonchev–Trinajstić information content (AvgIpc) is 1.82. The minimum atomic E-state index is -0.882. The van der Waals surface area contributed by atoms with Crippen LogP contribution in [0, 0.1) is 10.8 Å². The van der Waals surface area contributed by atoms with Crippen LogP contribution in [0.15, 0.2) is 0 Å². The molecule has 0 aliphatic heterocycles. The summed E-state index contributed by atoms with van der Waals surface area (Å²) < 4.78 is 0. The first-order valence-electron chi connectivity index (χ1n) is 3.57. The van der Waals surface area contributed by atoms with Crippen LogP contribution in [-0.2, 0) is 9.59 Å². The molecular weight excluding hydrogens is 228 g/mol. The summed E-state index contributed by atoms with van der Waals surface area (Å²) in [7, 11) is 0. The molecule has 4 nitrogen and oxygen atoms in total. The number of hydrogen-bond acceptors (Lipinski definition) is 2. The summed E-state index contributed by atoms with van der Waals surface area (Å²) >= 11 is 3.13. The molecule has 0 saturated heterocycles. The van der Waals surface area contributed by atoms with Gasteiger partial charge in [0.25, 0.3) is 0 Å². The second-order valence-corrected chi connectivity index (χ2v) is 4.55. The highest BCUT2D eigenvalue weighted by molar-refractivity contribution is 9.09. The van der Waals surface area contributed by atoms with E-state index in [0.717, 1.165) is 0 Å². The molecule has 3 aliphatic rings. The molecule has 0 aromatic carbocycles. The highest BCUT2D eigenvalue weighted by Gasteiger charge is 2.82. The van der Waals surface area contributed by atoms with E-state index in [2.05, 4.69) is 15.9 Å². The van der Waals surface area contributed by atoms with E-state index in [-0.39, 0.29) is 17.7 Å². The molecule has 0 heterocycles. The summed E-state index contributed by atoms with van der Waals surface area (Å²) in [6.07, 6.45) is 0.557. The van der Waals surface area contributed by atoms with Gasteiger partial charge in [-0.05, 0) is 12.8 Å². The van der Waals surface area contributed by atoms with Gasteiger partial charge < -0.3 is 10.2 Å². The van der Waals surface area contributed by atoms with Gasteiger partial charge >= 0.3 is 11.9 Å². The zero-order chi connectivity index (χ0) is 9.15. The second-order valence-electron chi connectivity index (χ2n) is 3.64. The molecule has 5 heteroatoms. The highest BCUT2D eigenvalue weighted by atomic mass is 79.9. The maximum atomic E-state index is 10.7. The van der Waals surface area contributed by atoms with Gasteiger partial charge in [0.05, 0.1) is 10.8 Å². The lowest BCUT2D eigenvalue weighted by molar-refractivity contribution is -0.223. The van der Waals surface area contributed by atoms with Gasteiger partial charge in [-0.25, -0.2) is 0 Å². The van der Waals surface area contributed by atoms with E-state index in [4.69, 9.17) is 10.2 Å². The van der Waals surface area contributed by atoms with Crippen LogP contribution in [0.5, 0.6) is 0 Å². The molecule has 0 radical (unpaired) electrons. The van der Waals surface area contributed by atoms with Gasteiger partial charge in [0, 0.05) is 4.83 Å². The van der Waals surface area contributed by atoms with E-state index in [1.165, 1.54) is 0 Å². The molecule has 0 aromatic rings. The van der Waals surface area contributed by atoms with Crippen LogP contribution in [0.2, 0.25) is 0 Å². The Balaban J connectivity index is 2.21. The van der Waals surface area contributed by atoms with Gasteiger partial charge in [0.2, 0.25) is 0 Å². The van der Waals surface area contributed by atoms with Crippen LogP contribution in [0.3, 0.4) is 0 Å². The molecule has 0 aromatic heterocycles. The van der Waals surface area contributed by atoms with Crippen LogP contribution in [0.25, 0.3) is 0 Å². The van der Waals surface area contributed by atoms with Crippen LogP contribution < -0.4 is 0 Å². The lowest BCUT2D eigenvalue weighted by atomic mass is 9.35. The first-order chi connectivity index (χ1) is 5.46. The van der Waals surface area contributed by atoms with E-state index in [0.29, 0.717) is 0 Å². The first-order valence-corrected chi connectivity index (χ1v) is 4.48. The Morgan fingerprint density at radius 3 is 1.67 bits per heavy atom. The number of carboxylic acid groups (broad SMARTS) is 2. The largest absolute Gasteiger partial charge is 0.481 e. The van der Waals surface area contributed by atoms with Crippen molar-refractivity contribution in [1.82, 2.24) is 0 Å². The molecule has 3 fully saturated rings. The third-order valence-corrected chi connectivity index (χ3v) is 4.84. The van der Waals surface area contributed by atoms with Crippen LogP contribution in [0.4, 0.5) is 0 Å². The fraction of sp³-hybridized carbons (Fsp3) is 0.714. The monoisotopic (exact) mass is 234 g/mol. The highest BCUT2D eigenvalue weighted by Crippen LogP contribution is 2.76. The van der Waals surface area contributed by atoms with Crippen molar-refractivity contribution in [2.75, 3.05) is 0 Å². The van der Waals surface area contributed by atoms with Crippen molar-refractivity contribution in [3.63, 3.8) is 0 Å². The minimum absolute atomic E-state index is 0.278. The fourth-order valence-corrected chi connectivity index (χ4v) is 3.26. The number of carboxylic acids is 2. The number of alkyl halides is 1. The van der Waals surface area contributed by atoms with Crippen molar-refractivity contribution in [1.29, 1.82) is 0 Å².